The van der Waals surface area contributed by atoms with E-state index in [4.69, 9.17) is 8.83 Å². The van der Waals surface area contributed by atoms with E-state index in [1.54, 1.807) is 0 Å². The molecular weight excluding hydrogens is 732 g/mol. The molecule has 6 aromatic carbocycles. The van der Waals surface area contributed by atoms with Crippen molar-refractivity contribution in [3.05, 3.63) is 152 Å². The smallest absolute Gasteiger partial charge is 0.150 e. The average molecular weight is 769 g/mol. The first-order chi connectivity index (χ1) is 23.4. The van der Waals surface area contributed by atoms with E-state index in [1.165, 1.54) is 33.4 Å². The van der Waals surface area contributed by atoms with E-state index in [9.17, 15) is 0 Å². The highest BCUT2D eigenvalue weighted by atomic mass is 79.9. The maximum atomic E-state index is 6.92. The Morgan fingerprint density at radius 2 is 0.939 bits per heavy atom. The van der Waals surface area contributed by atoms with Crippen LogP contribution in [-0.4, -0.2) is 0 Å². The maximum absolute atomic E-state index is 6.92. The lowest BCUT2D eigenvalue weighted by molar-refractivity contribution is 0.588. The topological polar surface area (TPSA) is 26.3 Å². The summed E-state index contributed by atoms with van der Waals surface area (Å²) in [5.74, 6) is 0. The van der Waals surface area contributed by atoms with Gasteiger partial charge in [-0.15, -0.1) is 0 Å². The summed E-state index contributed by atoms with van der Waals surface area (Å²) in [4.78, 5) is 0. The van der Waals surface area contributed by atoms with Crippen LogP contribution >= 0.6 is 31.9 Å². The van der Waals surface area contributed by atoms with Gasteiger partial charge in [-0.2, -0.15) is 0 Å². The van der Waals surface area contributed by atoms with Gasteiger partial charge in [0.15, 0.2) is 0 Å². The Kier molecular flexibility index (Phi) is 6.59. The van der Waals surface area contributed by atoms with E-state index in [0.717, 1.165) is 63.9 Å². The Morgan fingerprint density at radius 3 is 1.47 bits per heavy atom. The number of rotatable bonds is 2. The number of para-hydroxylation sites is 2. The number of benzene rings is 6. The fraction of sp³-hybridized carbons (Fsp3) is 0.200. The molecule has 0 bridgehead atoms. The molecule has 49 heavy (non-hydrogen) atoms. The molecule has 242 valence electrons. The molecule has 0 saturated carbocycles. The molecule has 1 aliphatic rings. The van der Waals surface area contributed by atoms with Crippen LogP contribution in [0.1, 0.15) is 74.9 Å². The molecular formula is C45H36Br2O2. The van der Waals surface area contributed by atoms with E-state index < -0.39 is 5.41 Å². The molecule has 2 nitrogen and oxygen atoms in total. The van der Waals surface area contributed by atoms with Gasteiger partial charge in [0.1, 0.15) is 22.3 Å². The second kappa shape index (κ2) is 10.4. The first-order valence-electron chi connectivity index (χ1n) is 16.9. The molecule has 0 fully saturated rings. The van der Waals surface area contributed by atoms with Crippen molar-refractivity contribution < 1.29 is 8.83 Å². The van der Waals surface area contributed by atoms with Crippen molar-refractivity contribution in [1.29, 1.82) is 0 Å². The standard InChI is InChI=1S/C45H36Br2O2/c1-43(2,3)25-15-19-27(20-16-25)45(28-21-17-26(18-22-28)44(4,5)6)31-24-34(47)41-38(30-12-8-10-14-36(30)48-41)39(31)40-32(45)23-33(46)37-29-11-7-9-13-35(29)49-42(37)40/h7-24H,1-6H3. The third-order valence-electron chi connectivity index (χ3n) is 10.6. The van der Waals surface area contributed by atoms with Gasteiger partial charge in [0, 0.05) is 37.1 Å². The van der Waals surface area contributed by atoms with Crippen molar-refractivity contribution in [2.45, 2.75) is 57.8 Å². The average Bonchev–Trinajstić information content (AvgIpc) is 3.73. The molecule has 0 saturated heterocycles. The Morgan fingerprint density at radius 1 is 0.490 bits per heavy atom. The fourth-order valence-electron chi connectivity index (χ4n) is 8.19. The van der Waals surface area contributed by atoms with Crippen LogP contribution in [0.4, 0.5) is 0 Å². The number of fused-ring (bicyclic) bond motifs is 11. The van der Waals surface area contributed by atoms with Gasteiger partial charge in [-0.05, 0) is 84.4 Å². The van der Waals surface area contributed by atoms with Crippen molar-refractivity contribution in [2.24, 2.45) is 0 Å². The molecule has 0 spiro atoms. The monoisotopic (exact) mass is 766 g/mol. The SMILES string of the molecule is CC(C)(C)c1ccc(C2(c3ccc(C(C)(C)C)cc3)c3cc(Br)c4c(oc5ccccc54)c3-c3c2cc(Br)c2oc4ccccc4c32)cc1. The van der Waals surface area contributed by atoms with Crippen LogP contribution in [0.15, 0.2) is 127 Å². The van der Waals surface area contributed by atoms with Gasteiger partial charge in [0.05, 0.1) is 9.89 Å². The summed E-state index contributed by atoms with van der Waals surface area (Å²) >= 11 is 8.09. The molecule has 0 unspecified atom stereocenters. The number of hydrogen-bond donors (Lipinski definition) is 0. The fourth-order valence-corrected chi connectivity index (χ4v) is 9.32. The van der Waals surface area contributed by atoms with Gasteiger partial charge in [-0.25, -0.2) is 0 Å². The summed E-state index contributed by atoms with van der Waals surface area (Å²) in [6.45, 7) is 13.6. The third kappa shape index (κ3) is 4.29. The molecule has 0 radical (unpaired) electrons. The maximum Gasteiger partial charge on any atom is 0.150 e. The summed E-state index contributed by atoms with van der Waals surface area (Å²) in [6.07, 6.45) is 0. The first-order valence-corrected chi connectivity index (χ1v) is 18.5. The van der Waals surface area contributed by atoms with Gasteiger partial charge in [0.2, 0.25) is 0 Å². The predicted octanol–water partition coefficient (Wildman–Crippen LogP) is 14.0. The van der Waals surface area contributed by atoms with Crippen LogP contribution in [0.2, 0.25) is 0 Å². The Bertz CT molecular complexity index is 2560. The zero-order valence-electron chi connectivity index (χ0n) is 28.5. The van der Waals surface area contributed by atoms with Crippen LogP contribution < -0.4 is 0 Å². The van der Waals surface area contributed by atoms with Crippen LogP contribution in [0, 0.1) is 0 Å². The molecule has 1 aliphatic carbocycles. The van der Waals surface area contributed by atoms with E-state index >= 15 is 0 Å². The zero-order chi connectivity index (χ0) is 34.0. The molecule has 4 heteroatoms. The number of halogens is 2. The second-order valence-corrected chi connectivity index (χ2v) is 17.3. The first kappa shape index (κ1) is 30.9. The van der Waals surface area contributed by atoms with Crippen LogP contribution in [-0.2, 0) is 16.2 Å². The van der Waals surface area contributed by atoms with Crippen molar-refractivity contribution in [1.82, 2.24) is 0 Å². The lowest BCUT2D eigenvalue weighted by Crippen LogP contribution is -2.29. The summed E-state index contributed by atoms with van der Waals surface area (Å²) in [5, 5.41) is 4.38. The van der Waals surface area contributed by atoms with Crippen molar-refractivity contribution in [3.63, 3.8) is 0 Å². The molecule has 2 heterocycles. The third-order valence-corrected chi connectivity index (χ3v) is 11.8. The van der Waals surface area contributed by atoms with Gasteiger partial charge < -0.3 is 8.83 Å². The van der Waals surface area contributed by atoms with E-state index in [2.05, 4.69) is 170 Å². The molecule has 0 atom stereocenters. The molecule has 9 rings (SSSR count). The molecule has 0 amide bonds. The molecule has 0 N–H and O–H groups in total. The molecule has 2 aromatic heterocycles. The minimum Gasteiger partial charge on any atom is -0.455 e. The van der Waals surface area contributed by atoms with Gasteiger partial charge in [-0.3, -0.25) is 0 Å². The summed E-state index contributed by atoms with van der Waals surface area (Å²) in [6, 6.07) is 40.0. The highest BCUT2D eigenvalue weighted by molar-refractivity contribution is 9.11. The highest BCUT2D eigenvalue weighted by Crippen LogP contribution is 2.62. The molecule has 8 aromatic rings. The minimum atomic E-state index is -0.651. The van der Waals surface area contributed by atoms with Gasteiger partial charge in [0.25, 0.3) is 0 Å². The number of hydrogen-bond acceptors (Lipinski definition) is 2. The van der Waals surface area contributed by atoms with Crippen molar-refractivity contribution in [2.75, 3.05) is 0 Å². The van der Waals surface area contributed by atoms with E-state index in [0.29, 0.717) is 0 Å². The molecule has 0 aliphatic heterocycles. The zero-order valence-corrected chi connectivity index (χ0v) is 31.6. The largest absolute Gasteiger partial charge is 0.455 e. The van der Waals surface area contributed by atoms with Gasteiger partial charge >= 0.3 is 0 Å². The highest BCUT2D eigenvalue weighted by Gasteiger charge is 2.49. The summed E-state index contributed by atoms with van der Waals surface area (Å²) < 4.78 is 15.5. The predicted molar refractivity (Wildman–Crippen MR) is 211 cm³/mol. The Hall–Kier alpha value is -4.12. The second-order valence-electron chi connectivity index (χ2n) is 15.6. The van der Waals surface area contributed by atoms with Crippen LogP contribution in [0.5, 0.6) is 0 Å². The van der Waals surface area contributed by atoms with E-state index in [-0.39, 0.29) is 10.8 Å². The lowest BCUT2D eigenvalue weighted by atomic mass is 9.66. The van der Waals surface area contributed by atoms with Crippen LogP contribution in [0.25, 0.3) is 55.0 Å². The summed E-state index contributed by atoms with van der Waals surface area (Å²) in [5.41, 5.74) is 12.6. The number of furan rings is 2. The Balaban J connectivity index is 1.52. The van der Waals surface area contributed by atoms with E-state index in [1.807, 2.05) is 12.1 Å². The lowest BCUT2D eigenvalue weighted by Gasteiger charge is -2.35. The van der Waals surface area contributed by atoms with Crippen molar-refractivity contribution in [3.8, 4) is 11.1 Å². The summed E-state index contributed by atoms with van der Waals surface area (Å²) in [7, 11) is 0. The van der Waals surface area contributed by atoms with Crippen LogP contribution in [0.3, 0.4) is 0 Å². The quantitative estimate of drug-likeness (QED) is 0.175. The van der Waals surface area contributed by atoms with Crippen molar-refractivity contribution >= 4 is 75.7 Å². The normalized spacial score (nSPS) is 14.3. The van der Waals surface area contributed by atoms with Gasteiger partial charge in [-0.1, -0.05) is 142 Å². The minimum absolute atomic E-state index is 0.0277. The Labute approximate surface area is 303 Å².